The van der Waals surface area contributed by atoms with Gasteiger partial charge >= 0.3 is 11.9 Å². The van der Waals surface area contributed by atoms with Crippen molar-refractivity contribution in [3.8, 4) is 0 Å². The summed E-state index contributed by atoms with van der Waals surface area (Å²) in [5.41, 5.74) is 7.16. The van der Waals surface area contributed by atoms with Crippen LogP contribution in [0.3, 0.4) is 0 Å². The Bertz CT molecular complexity index is 676. The molecular formula is C17H23N3O5. The van der Waals surface area contributed by atoms with E-state index in [4.69, 9.17) is 5.73 Å². The van der Waals surface area contributed by atoms with Gasteiger partial charge in [0.15, 0.2) is 5.78 Å². The molecule has 0 amide bonds. The van der Waals surface area contributed by atoms with Crippen LogP contribution in [0.5, 0.6) is 0 Å². The zero-order valence-electron chi connectivity index (χ0n) is 14.1. The Labute approximate surface area is 145 Å². The number of nitrogens with one attached hydrogen (secondary N) is 2. The van der Waals surface area contributed by atoms with Crippen molar-refractivity contribution in [2.24, 2.45) is 5.73 Å². The molecule has 0 radical (unpaired) electrons. The van der Waals surface area contributed by atoms with Crippen LogP contribution in [0, 0.1) is 0 Å². The molecule has 2 rings (SSSR count). The van der Waals surface area contributed by atoms with Gasteiger partial charge in [-0.15, -0.1) is 0 Å². The minimum atomic E-state index is -1.14. The lowest BCUT2D eigenvalue weighted by molar-refractivity contribution is -0.140. The van der Waals surface area contributed by atoms with Crippen LogP contribution in [0.1, 0.15) is 31.0 Å². The molecule has 0 bridgehead atoms. The van der Waals surface area contributed by atoms with Crippen molar-refractivity contribution in [2.75, 3.05) is 0 Å². The second kappa shape index (κ2) is 7.73. The Morgan fingerprint density at radius 3 is 2.44 bits per heavy atom. The number of Topliss-reactive ketones (excluding diaryl/α,β-unsaturated/α-hetero) is 1. The molecule has 6 N–H and O–H groups in total. The van der Waals surface area contributed by atoms with Crippen LogP contribution in [0.15, 0.2) is 24.3 Å². The summed E-state index contributed by atoms with van der Waals surface area (Å²) < 4.78 is 0. The molecule has 5 atom stereocenters. The van der Waals surface area contributed by atoms with Gasteiger partial charge in [-0.3, -0.25) is 25.0 Å². The summed E-state index contributed by atoms with van der Waals surface area (Å²) >= 11 is 0. The maximum Gasteiger partial charge on any atom is 0.322 e. The molecule has 0 saturated carbocycles. The topological polar surface area (TPSA) is 142 Å². The molecular weight excluding hydrogens is 326 g/mol. The predicted molar refractivity (Wildman–Crippen MR) is 90.1 cm³/mol. The van der Waals surface area contributed by atoms with Crippen LogP contribution in [0.4, 0.5) is 0 Å². The molecule has 0 fully saturated rings. The molecule has 136 valence electrons. The van der Waals surface area contributed by atoms with Crippen molar-refractivity contribution < 1.29 is 24.6 Å². The van der Waals surface area contributed by atoms with Gasteiger partial charge < -0.3 is 15.9 Å². The fourth-order valence-electron chi connectivity index (χ4n) is 3.01. The average Bonchev–Trinajstić information content (AvgIpc) is 2.57. The van der Waals surface area contributed by atoms with Gasteiger partial charge in [0, 0.05) is 6.04 Å². The number of carboxylic acid groups (broad SMARTS) is 2. The smallest absolute Gasteiger partial charge is 0.322 e. The summed E-state index contributed by atoms with van der Waals surface area (Å²) in [4.78, 5) is 35.5. The van der Waals surface area contributed by atoms with Crippen molar-refractivity contribution in [3.05, 3.63) is 35.4 Å². The first kappa shape index (κ1) is 19.0. The fraction of sp³-hybridized carbons (Fsp3) is 0.471. The lowest BCUT2D eigenvalue weighted by Gasteiger charge is -2.32. The largest absolute Gasteiger partial charge is 0.480 e. The second-order valence-electron chi connectivity index (χ2n) is 6.36. The molecule has 0 aliphatic carbocycles. The molecule has 0 spiro atoms. The standard InChI is InChI=1S/C17H23N3O5/c1-8(18)13(17(24)25)19-9(2)15(21)14-11-6-4-3-5-10(11)7-12(20-14)16(22)23/h3-6,8-9,12-14,19-20H,7,18H2,1-2H3,(H,22,23)(H,24,25)/t8?,9-,12?,13?,14?/m0/s1. The van der Waals surface area contributed by atoms with E-state index in [0.29, 0.717) is 5.56 Å². The molecule has 1 aromatic carbocycles. The lowest BCUT2D eigenvalue weighted by Crippen LogP contribution is -2.56. The average molecular weight is 349 g/mol. The van der Waals surface area contributed by atoms with Crippen LogP contribution < -0.4 is 16.4 Å². The van der Waals surface area contributed by atoms with Crippen LogP contribution in [-0.4, -0.2) is 52.1 Å². The van der Waals surface area contributed by atoms with Crippen molar-refractivity contribution >= 4 is 17.7 Å². The number of hydrogen-bond acceptors (Lipinski definition) is 6. The minimum Gasteiger partial charge on any atom is -0.480 e. The Morgan fingerprint density at radius 2 is 1.88 bits per heavy atom. The van der Waals surface area contributed by atoms with Crippen molar-refractivity contribution in [1.82, 2.24) is 10.6 Å². The number of carbonyl (C=O) groups is 3. The van der Waals surface area contributed by atoms with Crippen molar-refractivity contribution in [3.63, 3.8) is 0 Å². The van der Waals surface area contributed by atoms with E-state index in [0.717, 1.165) is 5.56 Å². The first-order valence-electron chi connectivity index (χ1n) is 8.07. The summed E-state index contributed by atoms with van der Waals surface area (Å²) in [7, 11) is 0. The number of nitrogens with two attached hydrogens (primary N) is 1. The van der Waals surface area contributed by atoms with E-state index in [2.05, 4.69) is 10.6 Å². The van der Waals surface area contributed by atoms with E-state index < -0.39 is 42.1 Å². The SMILES string of the molecule is CC(N)C(N[C@@H](C)C(=O)C1NC(C(=O)O)Cc2ccccc21)C(=O)O. The molecule has 8 heteroatoms. The maximum absolute atomic E-state index is 12.9. The summed E-state index contributed by atoms with van der Waals surface area (Å²) in [6.07, 6.45) is 0.286. The Morgan fingerprint density at radius 1 is 1.24 bits per heavy atom. The van der Waals surface area contributed by atoms with Crippen LogP contribution in [-0.2, 0) is 20.8 Å². The maximum atomic E-state index is 12.9. The Kier molecular flexibility index (Phi) is 5.89. The quantitative estimate of drug-likeness (QED) is 0.451. The predicted octanol–water partition coefficient (Wildman–Crippen LogP) is -0.326. The molecule has 4 unspecified atom stereocenters. The van der Waals surface area contributed by atoms with E-state index in [1.807, 2.05) is 0 Å². The van der Waals surface area contributed by atoms with Gasteiger partial charge in [-0.2, -0.15) is 0 Å². The number of rotatable bonds is 7. The first-order chi connectivity index (χ1) is 11.7. The van der Waals surface area contributed by atoms with Gasteiger partial charge in [-0.25, -0.2) is 0 Å². The highest BCUT2D eigenvalue weighted by Crippen LogP contribution is 2.27. The number of fused-ring (bicyclic) bond motifs is 1. The molecule has 25 heavy (non-hydrogen) atoms. The Hall–Kier alpha value is -2.29. The molecule has 1 heterocycles. The van der Waals surface area contributed by atoms with Gasteiger partial charge in [0.2, 0.25) is 0 Å². The first-order valence-corrected chi connectivity index (χ1v) is 8.07. The minimum absolute atomic E-state index is 0.286. The van der Waals surface area contributed by atoms with Gasteiger partial charge in [0.05, 0.1) is 12.1 Å². The van der Waals surface area contributed by atoms with Gasteiger partial charge in [-0.1, -0.05) is 24.3 Å². The van der Waals surface area contributed by atoms with Crippen molar-refractivity contribution in [1.29, 1.82) is 0 Å². The van der Waals surface area contributed by atoms with Crippen LogP contribution in [0.25, 0.3) is 0 Å². The number of benzene rings is 1. The Balaban J connectivity index is 2.24. The monoisotopic (exact) mass is 349 g/mol. The number of aliphatic carboxylic acids is 2. The van der Waals surface area contributed by atoms with E-state index in [-0.39, 0.29) is 12.2 Å². The van der Waals surface area contributed by atoms with E-state index in [1.54, 1.807) is 31.2 Å². The zero-order chi connectivity index (χ0) is 18.7. The van der Waals surface area contributed by atoms with E-state index in [1.165, 1.54) is 6.92 Å². The number of carboxylic acids is 2. The normalized spacial score (nSPS) is 23.2. The van der Waals surface area contributed by atoms with Crippen LogP contribution in [0.2, 0.25) is 0 Å². The highest BCUT2D eigenvalue weighted by atomic mass is 16.4. The third kappa shape index (κ3) is 4.22. The summed E-state index contributed by atoms with van der Waals surface area (Å²) in [6.45, 7) is 3.09. The lowest BCUT2D eigenvalue weighted by atomic mass is 9.86. The van der Waals surface area contributed by atoms with Crippen LogP contribution >= 0.6 is 0 Å². The molecule has 1 aliphatic heterocycles. The molecule has 0 aromatic heterocycles. The van der Waals surface area contributed by atoms with Gasteiger partial charge in [-0.05, 0) is 31.4 Å². The summed E-state index contributed by atoms with van der Waals surface area (Å²) in [5, 5.41) is 24.1. The number of hydrogen-bond donors (Lipinski definition) is 5. The highest BCUT2D eigenvalue weighted by Gasteiger charge is 2.37. The van der Waals surface area contributed by atoms with Gasteiger partial charge in [0.25, 0.3) is 0 Å². The molecule has 1 aliphatic rings. The van der Waals surface area contributed by atoms with Gasteiger partial charge in [0.1, 0.15) is 12.1 Å². The molecule has 1 aromatic rings. The van der Waals surface area contributed by atoms with E-state index >= 15 is 0 Å². The third-order valence-corrected chi connectivity index (χ3v) is 4.39. The molecule has 0 saturated heterocycles. The zero-order valence-corrected chi connectivity index (χ0v) is 14.1. The van der Waals surface area contributed by atoms with E-state index in [9.17, 15) is 24.6 Å². The number of carbonyl (C=O) groups excluding carboxylic acids is 1. The summed E-state index contributed by atoms with van der Waals surface area (Å²) in [6, 6.07) is 2.87. The number of ketones is 1. The fourth-order valence-corrected chi connectivity index (χ4v) is 3.01. The third-order valence-electron chi connectivity index (χ3n) is 4.39. The second-order valence-corrected chi connectivity index (χ2v) is 6.36. The van der Waals surface area contributed by atoms with Crippen molar-refractivity contribution in [2.45, 2.75) is 50.5 Å². The molecule has 8 nitrogen and oxygen atoms in total. The summed E-state index contributed by atoms with van der Waals surface area (Å²) in [5.74, 6) is -2.51. The highest BCUT2D eigenvalue weighted by molar-refractivity contribution is 5.92.